The van der Waals surface area contributed by atoms with Crippen molar-refractivity contribution < 1.29 is 23.0 Å². The van der Waals surface area contributed by atoms with Gasteiger partial charge in [0.1, 0.15) is 5.92 Å². The molecule has 0 aliphatic rings. The molecule has 0 heterocycles. The van der Waals surface area contributed by atoms with Gasteiger partial charge in [-0.05, 0) is 5.56 Å². The van der Waals surface area contributed by atoms with Gasteiger partial charge < -0.3 is 9.84 Å². The molecular formula is C13H15F3O2. The second-order valence-corrected chi connectivity index (χ2v) is 3.87. The van der Waals surface area contributed by atoms with Gasteiger partial charge in [0.25, 0.3) is 0 Å². The fourth-order valence-electron chi connectivity index (χ4n) is 1.48. The molecule has 18 heavy (non-hydrogen) atoms. The second kappa shape index (κ2) is 6.56. The van der Waals surface area contributed by atoms with Gasteiger partial charge in [-0.3, -0.25) is 0 Å². The molecule has 1 aromatic carbocycles. The van der Waals surface area contributed by atoms with E-state index in [1.54, 1.807) is 24.3 Å². The number of alkyl halides is 3. The Hall–Kier alpha value is -1.33. The number of hydrogen-bond acceptors (Lipinski definition) is 2. The minimum Gasteiger partial charge on any atom is -0.390 e. The number of halogens is 3. The van der Waals surface area contributed by atoms with Crippen LogP contribution >= 0.6 is 0 Å². The number of aliphatic hydroxyl groups excluding tert-OH is 1. The summed E-state index contributed by atoms with van der Waals surface area (Å²) in [5, 5.41) is 9.41. The molecule has 5 heteroatoms. The van der Waals surface area contributed by atoms with Crippen LogP contribution in [0.25, 0.3) is 0 Å². The van der Waals surface area contributed by atoms with Crippen molar-refractivity contribution in [3.8, 4) is 0 Å². The zero-order valence-electron chi connectivity index (χ0n) is 9.73. The Labute approximate surface area is 104 Å². The van der Waals surface area contributed by atoms with Gasteiger partial charge >= 0.3 is 6.18 Å². The van der Waals surface area contributed by atoms with E-state index in [4.69, 9.17) is 4.74 Å². The number of ether oxygens (including phenoxy) is 1. The van der Waals surface area contributed by atoms with Crippen molar-refractivity contribution in [3.63, 3.8) is 0 Å². The fraction of sp³-hybridized carbons (Fsp3) is 0.385. The summed E-state index contributed by atoms with van der Waals surface area (Å²) < 4.78 is 42.4. The third-order valence-electron chi connectivity index (χ3n) is 2.45. The lowest BCUT2D eigenvalue weighted by Crippen LogP contribution is -2.35. The lowest BCUT2D eigenvalue weighted by Gasteiger charge is -2.22. The molecule has 0 aliphatic heterocycles. The second-order valence-electron chi connectivity index (χ2n) is 3.87. The summed E-state index contributed by atoms with van der Waals surface area (Å²) in [5.41, 5.74) is 0.840. The van der Waals surface area contributed by atoms with E-state index in [1.165, 1.54) is 0 Å². The van der Waals surface area contributed by atoms with Gasteiger partial charge in [-0.1, -0.05) is 36.4 Å². The summed E-state index contributed by atoms with van der Waals surface area (Å²) in [6, 6.07) is 9.02. The molecule has 0 spiro atoms. The van der Waals surface area contributed by atoms with E-state index in [0.29, 0.717) is 6.08 Å². The predicted octanol–water partition coefficient (Wildman–Crippen LogP) is 2.93. The van der Waals surface area contributed by atoms with Crippen LogP contribution in [-0.2, 0) is 11.3 Å². The third kappa shape index (κ3) is 4.50. The largest absolute Gasteiger partial charge is 0.397 e. The van der Waals surface area contributed by atoms with Crippen LogP contribution in [0.4, 0.5) is 13.2 Å². The molecular weight excluding hydrogens is 245 g/mol. The Bertz CT molecular complexity index is 362. The topological polar surface area (TPSA) is 29.5 Å². The molecule has 1 rings (SSSR count). The molecule has 0 fully saturated rings. The monoisotopic (exact) mass is 260 g/mol. The van der Waals surface area contributed by atoms with Gasteiger partial charge in [-0.25, -0.2) is 0 Å². The summed E-state index contributed by atoms with van der Waals surface area (Å²) in [6.07, 6.45) is -5.44. The maximum Gasteiger partial charge on any atom is 0.397 e. The van der Waals surface area contributed by atoms with Gasteiger partial charge in [0.2, 0.25) is 0 Å². The summed E-state index contributed by atoms with van der Waals surface area (Å²) >= 11 is 0. The molecule has 1 N–H and O–H groups in total. The minimum atomic E-state index is -4.50. The highest BCUT2D eigenvalue weighted by Crippen LogP contribution is 2.29. The standard InChI is InChI=1S/C13H15F3O2/c1-2-11(13(14,15)16)12(17)9-18-8-10-6-4-3-5-7-10/h2-7,11-12,17H,1,8-9H2/t11-,12+/m1/s1. The highest BCUT2D eigenvalue weighted by atomic mass is 19.4. The first-order chi connectivity index (χ1) is 8.45. The lowest BCUT2D eigenvalue weighted by molar-refractivity contribution is -0.191. The van der Waals surface area contributed by atoms with Gasteiger partial charge in [-0.15, -0.1) is 6.58 Å². The van der Waals surface area contributed by atoms with Crippen LogP contribution in [0.5, 0.6) is 0 Å². The van der Waals surface area contributed by atoms with E-state index in [9.17, 15) is 18.3 Å². The van der Waals surface area contributed by atoms with Gasteiger partial charge in [-0.2, -0.15) is 13.2 Å². The number of hydrogen-bond donors (Lipinski definition) is 1. The maximum absolute atomic E-state index is 12.4. The van der Waals surface area contributed by atoms with Gasteiger partial charge in [0.15, 0.2) is 0 Å². The van der Waals surface area contributed by atoms with Crippen LogP contribution in [-0.4, -0.2) is 24.0 Å². The molecule has 100 valence electrons. The minimum absolute atomic E-state index is 0.166. The molecule has 0 unspecified atom stereocenters. The summed E-state index contributed by atoms with van der Waals surface area (Å²) in [6.45, 7) is 2.86. The smallest absolute Gasteiger partial charge is 0.390 e. The van der Waals surface area contributed by atoms with Crippen molar-refractivity contribution in [2.75, 3.05) is 6.61 Å². The molecule has 2 nitrogen and oxygen atoms in total. The number of benzene rings is 1. The molecule has 0 amide bonds. The van der Waals surface area contributed by atoms with Gasteiger partial charge in [0, 0.05) is 0 Å². The maximum atomic E-state index is 12.4. The first-order valence-corrected chi connectivity index (χ1v) is 5.44. The zero-order valence-corrected chi connectivity index (χ0v) is 9.73. The third-order valence-corrected chi connectivity index (χ3v) is 2.45. The molecule has 0 aliphatic carbocycles. The van der Waals surface area contributed by atoms with E-state index in [2.05, 4.69) is 6.58 Å². The van der Waals surface area contributed by atoms with E-state index < -0.39 is 18.2 Å². The van der Waals surface area contributed by atoms with Crippen LogP contribution < -0.4 is 0 Å². The van der Waals surface area contributed by atoms with Crippen molar-refractivity contribution in [1.82, 2.24) is 0 Å². The Morgan fingerprint density at radius 1 is 1.28 bits per heavy atom. The lowest BCUT2D eigenvalue weighted by atomic mass is 10.0. The Balaban J connectivity index is 2.41. The number of rotatable bonds is 6. The summed E-state index contributed by atoms with van der Waals surface area (Å²) in [7, 11) is 0. The number of aliphatic hydroxyl groups is 1. The van der Waals surface area contributed by atoms with E-state index in [0.717, 1.165) is 5.56 Å². The predicted molar refractivity (Wildman–Crippen MR) is 61.8 cm³/mol. The molecule has 0 radical (unpaired) electrons. The van der Waals surface area contributed by atoms with E-state index >= 15 is 0 Å². The summed E-state index contributed by atoms with van der Waals surface area (Å²) in [4.78, 5) is 0. The average Bonchev–Trinajstić information content (AvgIpc) is 2.29. The zero-order chi connectivity index (χ0) is 13.6. The highest BCUT2D eigenvalue weighted by Gasteiger charge is 2.42. The first-order valence-electron chi connectivity index (χ1n) is 5.44. The van der Waals surface area contributed by atoms with Crippen LogP contribution in [0.2, 0.25) is 0 Å². The van der Waals surface area contributed by atoms with E-state index in [1.807, 2.05) is 6.07 Å². The molecule has 0 saturated heterocycles. The average molecular weight is 260 g/mol. The van der Waals surface area contributed by atoms with Crippen molar-refractivity contribution in [2.24, 2.45) is 5.92 Å². The molecule has 0 saturated carbocycles. The van der Waals surface area contributed by atoms with Crippen molar-refractivity contribution in [1.29, 1.82) is 0 Å². The fourth-order valence-corrected chi connectivity index (χ4v) is 1.48. The van der Waals surface area contributed by atoms with Crippen molar-refractivity contribution in [2.45, 2.75) is 18.9 Å². The summed E-state index contributed by atoms with van der Waals surface area (Å²) in [5.74, 6) is -1.96. The Kier molecular flexibility index (Phi) is 5.37. The van der Waals surface area contributed by atoms with Gasteiger partial charge in [0.05, 0.1) is 19.3 Å². The molecule has 0 bridgehead atoms. The quantitative estimate of drug-likeness (QED) is 0.797. The Morgan fingerprint density at radius 3 is 2.39 bits per heavy atom. The van der Waals surface area contributed by atoms with Crippen LogP contribution in [0.15, 0.2) is 43.0 Å². The van der Waals surface area contributed by atoms with Crippen LogP contribution in [0.3, 0.4) is 0 Å². The normalized spacial score (nSPS) is 15.1. The SMILES string of the molecule is C=C[C@H]([C@@H](O)COCc1ccccc1)C(F)(F)F. The molecule has 2 atom stereocenters. The molecule has 0 aromatic heterocycles. The first kappa shape index (κ1) is 14.7. The Morgan fingerprint density at radius 2 is 1.89 bits per heavy atom. The highest BCUT2D eigenvalue weighted by molar-refractivity contribution is 5.13. The van der Waals surface area contributed by atoms with Crippen LogP contribution in [0, 0.1) is 5.92 Å². The molecule has 1 aromatic rings. The van der Waals surface area contributed by atoms with E-state index in [-0.39, 0.29) is 13.2 Å². The van der Waals surface area contributed by atoms with Crippen LogP contribution in [0.1, 0.15) is 5.56 Å². The van der Waals surface area contributed by atoms with Crippen molar-refractivity contribution >= 4 is 0 Å². The van der Waals surface area contributed by atoms with Crippen molar-refractivity contribution in [3.05, 3.63) is 48.6 Å².